The first-order valence-electron chi connectivity index (χ1n) is 5.13. The van der Waals surface area contributed by atoms with E-state index in [0.29, 0.717) is 17.3 Å². The van der Waals surface area contributed by atoms with Crippen molar-refractivity contribution in [1.29, 1.82) is 0 Å². The van der Waals surface area contributed by atoms with Crippen LogP contribution in [0.1, 0.15) is 11.3 Å². The quantitative estimate of drug-likeness (QED) is 0.781. The van der Waals surface area contributed by atoms with Crippen LogP contribution in [-0.4, -0.2) is 4.98 Å². The van der Waals surface area contributed by atoms with E-state index in [1.54, 1.807) is 6.07 Å². The predicted octanol–water partition coefficient (Wildman–Crippen LogP) is 3.07. The highest BCUT2D eigenvalue weighted by Gasteiger charge is 2.03. The minimum atomic E-state index is 0.570. The summed E-state index contributed by atoms with van der Waals surface area (Å²) in [7, 11) is 0. The summed E-state index contributed by atoms with van der Waals surface area (Å²) in [6, 6.07) is 11.2. The van der Waals surface area contributed by atoms with Crippen molar-refractivity contribution >= 4 is 5.69 Å². The van der Waals surface area contributed by atoms with Gasteiger partial charge in [-0.15, -0.1) is 0 Å². The second-order valence-corrected chi connectivity index (χ2v) is 3.69. The molecule has 3 nitrogen and oxygen atoms in total. The summed E-state index contributed by atoms with van der Waals surface area (Å²) >= 11 is 0. The van der Waals surface area contributed by atoms with Crippen LogP contribution >= 0.6 is 0 Å². The number of anilines is 1. The van der Waals surface area contributed by atoms with E-state index in [9.17, 15) is 0 Å². The van der Waals surface area contributed by atoms with E-state index in [0.717, 1.165) is 11.3 Å². The van der Waals surface area contributed by atoms with Gasteiger partial charge in [0.15, 0.2) is 5.75 Å². The number of ether oxygens (including phenoxy) is 1. The Balaban J connectivity index is 2.28. The molecule has 0 unspecified atom stereocenters. The Kier molecular flexibility index (Phi) is 2.77. The molecular formula is C13H14N2O. The first-order valence-corrected chi connectivity index (χ1v) is 5.13. The zero-order valence-electron chi connectivity index (χ0n) is 9.40. The van der Waals surface area contributed by atoms with E-state index >= 15 is 0 Å². The molecule has 0 bridgehead atoms. The Labute approximate surface area is 94.9 Å². The van der Waals surface area contributed by atoms with E-state index < -0.39 is 0 Å². The molecule has 2 aromatic rings. The first kappa shape index (κ1) is 10.5. The van der Waals surface area contributed by atoms with E-state index in [2.05, 4.69) is 4.98 Å². The molecule has 2 N–H and O–H groups in total. The molecule has 2 rings (SSSR count). The van der Waals surface area contributed by atoms with Crippen molar-refractivity contribution < 1.29 is 4.74 Å². The smallest absolute Gasteiger partial charge is 0.219 e. The average Bonchev–Trinajstić information content (AvgIpc) is 2.27. The van der Waals surface area contributed by atoms with Crippen molar-refractivity contribution in [2.45, 2.75) is 13.8 Å². The maximum Gasteiger partial charge on any atom is 0.219 e. The molecule has 0 amide bonds. The third kappa shape index (κ3) is 2.14. The average molecular weight is 214 g/mol. The van der Waals surface area contributed by atoms with E-state index in [4.69, 9.17) is 10.5 Å². The standard InChI is InChI=1S/C13H14N2O/c1-9-7-8-13(15-10(9)2)16-12-6-4-3-5-11(12)14/h3-8H,14H2,1-2H3. The van der Waals surface area contributed by atoms with Crippen LogP contribution in [0.5, 0.6) is 11.6 Å². The fraction of sp³-hybridized carbons (Fsp3) is 0.154. The molecule has 0 saturated heterocycles. The lowest BCUT2D eigenvalue weighted by molar-refractivity contribution is 0.463. The number of nitrogens with zero attached hydrogens (tertiary/aromatic N) is 1. The second-order valence-electron chi connectivity index (χ2n) is 3.69. The van der Waals surface area contributed by atoms with Crippen molar-refractivity contribution in [1.82, 2.24) is 4.98 Å². The van der Waals surface area contributed by atoms with Gasteiger partial charge in [0.1, 0.15) is 0 Å². The lowest BCUT2D eigenvalue weighted by atomic mass is 10.2. The number of benzene rings is 1. The molecule has 82 valence electrons. The van der Waals surface area contributed by atoms with Gasteiger partial charge in [-0.2, -0.15) is 0 Å². The van der Waals surface area contributed by atoms with Crippen LogP contribution in [0.25, 0.3) is 0 Å². The molecule has 3 heteroatoms. The number of nitrogens with two attached hydrogens (primary N) is 1. The Morgan fingerprint density at radius 1 is 1.06 bits per heavy atom. The van der Waals surface area contributed by atoms with E-state index in [1.165, 1.54) is 0 Å². The van der Waals surface area contributed by atoms with E-state index in [-0.39, 0.29) is 0 Å². The normalized spacial score (nSPS) is 10.1. The van der Waals surface area contributed by atoms with E-state index in [1.807, 2.05) is 44.2 Å². The van der Waals surface area contributed by atoms with Crippen LogP contribution in [0.3, 0.4) is 0 Å². The van der Waals surface area contributed by atoms with Crippen molar-refractivity contribution in [2.24, 2.45) is 0 Å². The predicted molar refractivity (Wildman–Crippen MR) is 64.6 cm³/mol. The Morgan fingerprint density at radius 3 is 2.50 bits per heavy atom. The summed E-state index contributed by atoms with van der Waals surface area (Å²) in [5, 5.41) is 0. The Hall–Kier alpha value is -2.03. The van der Waals surface area contributed by atoms with Crippen molar-refractivity contribution in [2.75, 3.05) is 5.73 Å². The van der Waals surface area contributed by atoms with Crippen LogP contribution in [0.15, 0.2) is 36.4 Å². The minimum absolute atomic E-state index is 0.570. The fourth-order valence-corrected chi connectivity index (χ4v) is 1.35. The first-order chi connectivity index (χ1) is 7.66. The molecule has 1 aromatic carbocycles. The number of para-hydroxylation sites is 2. The van der Waals surface area contributed by atoms with Gasteiger partial charge in [0, 0.05) is 11.8 Å². The highest BCUT2D eigenvalue weighted by molar-refractivity contribution is 5.53. The number of pyridine rings is 1. The molecule has 0 radical (unpaired) electrons. The Bertz CT molecular complexity index is 509. The van der Waals surface area contributed by atoms with Crippen LogP contribution < -0.4 is 10.5 Å². The number of hydrogen-bond donors (Lipinski definition) is 1. The SMILES string of the molecule is Cc1ccc(Oc2ccccc2N)nc1C. The number of aromatic nitrogens is 1. The highest BCUT2D eigenvalue weighted by Crippen LogP contribution is 2.25. The van der Waals surface area contributed by atoms with Gasteiger partial charge in [-0.3, -0.25) is 0 Å². The molecule has 0 spiro atoms. The molecule has 1 aromatic heterocycles. The van der Waals surface area contributed by atoms with Crippen molar-refractivity contribution in [3.8, 4) is 11.6 Å². The van der Waals surface area contributed by atoms with Crippen LogP contribution in [-0.2, 0) is 0 Å². The minimum Gasteiger partial charge on any atom is -0.437 e. The largest absolute Gasteiger partial charge is 0.437 e. The van der Waals surface area contributed by atoms with Gasteiger partial charge >= 0.3 is 0 Å². The van der Waals surface area contributed by atoms with Gasteiger partial charge in [0.25, 0.3) is 0 Å². The molecule has 0 atom stereocenters. The molecule has 0 fully saturated rings. The maximum atomic E-state index is 5.78. The van der Waals surface area contributed by atoms with Gasteiger partial charge in [0.2, 0.25) is 5.88 Å². The summed E-state index contributed by atoms with van der Waals surface area (Å²) < 4.78 is 5.61. The van der Waals surface area contributed by atoms with Gasteiger partial charge in [-0.05, 0) is 31.5 Å². The van der Waals surface area contributed by atoms with Crippen molar-refractivity contribution in [3.05, 3.63) is 47.7 Å². The van der Waals surface area contributed by atoms with Gasteiger partial charge in [0.05, 0.1) is 5.69 Å². The monoisotopic (exact) mass is 214 g/mol. The lowest BCUT2D eigenvalue weighted by Gasteiger charge is -2.08. The summed E-state index contributed by atoms with van der Waals surface area (Å²) in [6.07, 6.45) is 0. The summed E-state index contributed by atoms with van der Waals surface area (Å²) in [5.74, 6) is 1.21. The third-order valence-corrected chi connectivity index (χ3v) is 2.46. The highest BCUT2D eigenvalue weighted by atomic mass is 16.5. The molecule has 0 aliphatic heterocycles. The molecule has 0 aliphatic carbocycles. The summed E-state index contributed by atoms with van der Waals surface area (Å²) in [6.45, 7) is 3.97. The lowest BCUT2D eigenvalue weighted by Crippen LogP contribution is -1.95. The van der Waals surface area contributed by atoms with Crippen molar-refractivity contribution in [3.63, 3.8) is 0 Å². The van der Waals surface area contributed by atoms with Gasteiger partial charge in [-0.1, -0.05) is 18.2 Å². The summed E-state index contributed by atoms with van der Waals surface area (Å²) in [4.78, 5) is 4.33. The Morgan fingerprint density at radius 2 is 1.81 bits per heavy atom. The van der Waals surface area contributed by atoms with Gasteiger partial charge in [-0.25, -0.2) is 4.98 Å². The number of rotatable bonds is 2. The zero-order valence-corrected chi connectivity index (χ0v) is 9.40. The number of hydrogen-bond acceptors (Lipinski definition) is 3. The summed E-state index contributed by atoms with van der Waals surface area (Å²) in [5.41, 5.74) is 8.51. The second kappa shape index (κ2) is 4.23. The third-order valence-electron chi connectivity index (χ3n) is 2.46. The fourth-order valence-electron chi connectivity index (χ4n) is 1.35. The van der Waals surface area contributed by atoms with Crippen LogP contribution in [0.4, 0.5) is 5.69 Å². The number of aryl methyl sites for hydroxylation is 2. The van der Waals surface area contributed by atoms with Crippen LogP contribution in [0.2, 0.25) is 0 Å². The maximum absolute atomic E-state index is 5.78. The molecule has 0 aliphatic rings. The zero-order chi connectivity index (χ0) is 11.5. The molecular weight excluding hydrogens is 200 g/mol. The molecule has 16 heavy (non-hydrogen) atoms. The van der Waals surface area contributed by atoms with Gasteiger partial charge < -0.3 is 10.5 Å². The topological polar surface area (TPSA) is 48.1 Å². The van der Waals surface area contributed by atoms with Crippen LogP contribution in [0, 0.1) is 13.8 Å². The molecule has 0 saturated carbocycles. The molecule has 1 heterocycles. The number of nitrogen functional groups attached to an aromatic ring is 1.